The third kappa shape index (κ3) is 5.24. The summed E-state index contributed by atoms with van der Waals surface area (Å²) >= 11 is 6.01. The van der Waals surface area contributed by atoms with E-state index in [9.17, 15) is 0 Å². The maximum Gasteiger partial charge on any atom is 0.164 e. The van der Waals surface area contributed by atoms with Gasteiger partial charge >= 0.3 is 0 Å². The molecule has 5 heteroatoms. The molecule has 0 N–H and O–H groups in total. The molecule has 2 aromatic rings. The lowest BCUT2D eigenvalue weighted by atomic mass is 10.1. The Morgan fingerprint density at radius 2 is 1.50 bits per heavy atom. The van der Waals surface area contributed by atoms with Gasteiger partial charge in [0.25, 0.3) is 0 Å². The van der Waals surface area contributed by atoms with Gasteiger partial charge in [0.1, 0.15) is 11.8 Å². The van der Waals surface area contributed by atoms with E-state index in [2.05, 4.69) is 26.4 Å². The Morgan fingerprint density at radius 3 is 2.18 bits per heavy atom. The number of halogens is 1. The zero-order chi connectivity index (χ0) is 15.6. The van der Waals surface area contributed by atoms with E-state index in [1.165, 1.54) is 70.5 Å². The van der Waals surface area contributed by atoms with Crippen LogP contribution in [0.15, 0.2) is 12.7 Å². The Kier molecular flexibility index (Phi) is 7.64. The molecule has 0 fully saturated rings. The Labute approximate surface area is 138 Å². The molecule has 0 radical (unpaired) electrons. The van der Waals surface area contributed by atoms with Crippen LogP contribution < -0.4 is 0 Å². The molecule has 0 aliphatic heterocycles. The minimum Gasteiger partial charge on any atom is -0.315 e. The first-order chi connectivity index (χ1) is 10.8. The van der Waals surface area contributed by atoms with Gasteiger partial charge in [-0.15, -0.1) is 0 Å². The molecule has 0 unspecified atom stereocenters. The minimum absolute atomic E-state index is 0.437. The fourth-order valence-electron chi connectivity index (χ4n) is 2.79. The molecule has 0 aliphatic rings. The predicted molar refractivity (Wildman–Crippen MR) is 92.2 cm³/mol. The molecule has 0 aromatic carbocycles. The van der Waals surface area contributed by atoms with E-state index >= 15 is 0 Å². The van der Waals surface area contributed by atoms with E-state index < -0.39 is 0 Å². The molecule has 0 aliphatic carbocycles. The molecular formula is C17H27ClN4. The first-order valence-corrected chi connectivity index (χ1v) is 9.02. The first kappa shape index (κ1) is 17.2. The number of aryl methyl sites for hydroxylation is 1. The molecule has 0 spiro atoms. The van der Waals surface area contributed by atoms with Crippen molar-refractivity contribution in [2.45, 2.75) is 77.7 Å². The van der Waals surface area contributed by atoms with E-state index in [1.807, 2.05) is 6.33 Å². The normalized spacial score (nSPS) is 11.4. The summed E-state index contributed by atoms with van der Waals surface area (Å²) in [5.74, 6) is 0. The predicted octanol–water partition coefficient (Wildman–Crippen LogP) is 5.40. The van der Waals surface area contributed by atoms with Gasteiger partial charge < -0.3 is 4.57 Å². The molecule has 2 rings (SSSR count). The highest BCUT2D eigenvalue weighted by atomic mass is 35.5. The zero-order valence-corrected chi connectivity index (χ0v) is 14.4. The summed E-state index contributed by atoms with van der Waals surface area (Å²) in [7, 11) is 0. The minimum atomic E-state index is 0.437. The lowest BCUT2D eigenvalue weighted by Crippen LogP contribution is -1.98. The van der Waals surface area contributed by atoms with E-state index in [4.69, 9.17) is 11.6 Å². The fourth-order valence-corrected chi connectivity index (χ4v) is 2.96. The van der Waals surface area contributed by atoms with Gasteiger partial charge in [0, 0.05) is 6.54 Å². The van der Waals surface area contributed by atoms with Crippen molar-refractivity contribution in [3.63, 3.8) is 0 Å². The van der Waals surface area contributed by atoms with Crippen LogP contribution in [0.2, 0.25) is 5.15 Å². The highest BCUT2D eigenvalue weighted by Gasteiger charge is 2.07. The van der Waals surface area contributed by atoms with Gasteiger partial charge in [-0.25, -0.2) is 15.0 Å². The van der Waals surface area contributed by atoms with Gasteiger partial charge in [0.05, 0.1) is 6.33 Å². The van der Waals surface area contributed by atoms with E-state index in [1.54, 1.807) is 0 Å². The number of fused-ring (bicyclic) bond motifs is 1. The lowest BCUT2D eigenvalue weighted by molar-refractivity contribution is 0.537. The zero-order valence-electron chi connectivity index (χ0n) is 13.6. The van der Waals surface area contributed by atoms with Gasteiger partial charge in [-0.2, -0.15) is 0 Å². The number of unbranched alkanes of at least 4 members (excludes halogenated alkanes) is 9. The summed E-state index contributed by atoms with van der Waals surface area (Å²) in [6, 6.07) is 0. The molecule has 2 aromatic heterocycles. The highest BCUT2D eigenvalue weighted by molar-refractivity contribution is 6.33. The molecular weight excluding hydrogens is 296 g/mol. The smallest absolute Gasteiger partial charge is 0.164 e. The molecule has 0 saturated heterocycles. The van der Waals surface area contributed by atoms with Crippen molar-refractivity contribution in [1.29, 1.82) is 0 Å². The summed E-state index contributed by atoms with van der Waals surface area (Å²) < 4.78 is 2.08. The Balaban J connectivity index is 1.58. The van der Waals surface area contributed by atoms with Gasteiger partial charge in [-0.05, 0) is 6.42 Å². The second kappa shape index (κ2) is 9.78. The Morgan fingerprint density at radius 1 is 0.864 bits per heavy atom. The molecule has 0 saturated carbocycles. The van der Waals surface area contributed by atoms with Crippen molar-refractivity contribution in [3.8, 4) is 0 Å². The number of hydrogen-bond donors (Lipinski definition) is 0. The SMILES string of the molecule is CCCCCCCCCCCCn1cnc2c(Cl)ncnc21. The summed E-state index contributed by atoms with van der Waals surface area (Å²) in [5.41, 5.74) is 1.55. The van der Waals surface area contributed by atoms with Gasteiger partial charge in [0.2, 0.25) is 0 Å². The number of nitrogens with zero attached hydrogens (tertiary/aromatic N) is 4. The highest BCUT2D eigenvalue weighted by Crippen LogP contribution is 2.18. The van der Waals surface area contributed by atoms with E-state index in [0.29, 0.717) is 10.7 Å². The van der Waals surface area contributed by atoms with Crippen molar-refractivity contribution in [1.82, 2.24) is 19.5 Å². The first-order valence-electron chi connectivity index (χ1n) is 8.64. The standard InChI is InChI=1S/C17H27ClN4/c1-2-3-4-5-6-7-8-9-10-11-12-22-14-21-15-16(18)19-13-20-17(15)22/h13-14H,2-12H2,1H3. The molecule has 4 nitrogen and oxygen atoms in total. The largest absolute Gasteiger partial charge is 0.315 e. The van der Waals surface area contributed by atoms with Crippen LogP contribution in [0.1, 0.15) is 71.1 Å². The lowest BCUT2D eigenvalue weighted by Gasteiger charge is -2.04. The summed E-state index contributed by atoms with van der Waals surface area (Å²) in [4.78, 5) is 12.5. The van der Waals surface area contributed by atoms with Crippen LogP contribution in [0.3, 0.4) is 0 Å². The van der Waals surface area contributed by atoms with Crippen LogP contribution in [0, 0.1) is 0 Å². The monoisotopic (exact) mass is 322 g/mol. The van der Waals surface area contributed by atoms with Crippen molar-refractivity contribution >= 4 is 22.8 Å². The topological polar surface area (TPSA) is 43.6 Å². The third-order valence-electron chi connectivity index (χ3n) is 4.11. The Hall–Kier alpha value is -1.16. The molecule has 0 atom stereocenters. The maximum atomic E-state index is 6.01. The van der Waals surface area contributed by atoms with Crippen LogP contribution in [0.5, 0.6) is 0 Å². The van der Waals surface area contributed by atoms with Gasteiger partial charge in [-0.3, -0.25) is 0 Å². The van der Waals surface area contributed by atoms with Crippen LogP contribution in [0.25, 0.3) is 11.2 Å². The number of aromatic nitrogens is 4. The van der Waals surface area contributed by atoms with Crippen LogP contribution >= 0.6 is 11.6 Å². The summed E-state index contributed by atoms with van der Waals surface area (Å²) in [5, 5.41) is 0.437. The third-order valence-corrected chi connectivity index (χ3v) is 4.39. The van der Waals surface area contributed by atoms with Crippen molar-refractivity contribution in [2.75, 3.05) is 0 Å². The number of imidazole rings is 1. The van der Waals surface area contributed by atoms with Gasteiger partial charge in [0.15, 0.2) is 10.8 Å². The molecule has 22 heavy (non-hydrogen) atoms. The second-order valence-electron chi connectivity index (χ2n) is 5.96. The average Bonchev–Trinajstić information content (AvgIpc) is 2.94. The van der Waals surface area contributed by atoms with Crippen molar-refractivity contribution in [2.24, 2.45) is 0 Å². The van der Waals surface area contributed by atoms with Crippen LogP contribution in [0.4, 0.5) is 0 Å². The van der Waals surface area contributed by atoms with Crippen LogP contribution in [-0.2, 0) is 6.54 Å². The number of rotatable bonds is 11. The molecule has 0 amide bonds. The van der Waals surface area contributed by atoms with E-state index in [0.717, 1.165) is 12.2 Å². The molecule has 2 heterocycles. The summed E-state index contributed by atoms with van der Waals surface area (Å²) in [6.45, 7) is 3.23. The van der Waals surface area contributed by atoms with Crippen molar-refractivity contribution < 1.29 is 0 Å². The summed E-state index contributed by atoms with van der Waals surface area (Å²) in [6.07, 6.45) is 16.8. The maximum absolute atomic E-state index is 6.01. The number of hydrogen-bond acceptors (Lipinski definition) is 3. The van der Waals surface area contributed by atoms with Crippen LogP contribution in [-0.4, -0.2) is 19.5 Å². The fraction of sp³-hybridized carbons (Fsp3) is 0.706. The second-order valence-corrected chi connectivity index (χ2v) is 6.31. The van der Waals surface area contributed by atoms with Crippen molar-refractivity contribution in [3.05, 3.63) is 17.8 Å². The van der Waals surface area contributed by atoms with E-state index in [-0.39, 0.29) is 0 Å². The average molecular weight is 323 g/mol. The molecule has 122 valence electrons. The molecule has 0 bridgehead atoms. The van der Waals surface area contributed by atoms with Gasteiger partial charge in [-0.1, -0.05) is 76.3 Å². The quantitative estimate of drug-likeness (QED) is 0.411. The Bertz CT molecular complexity index is 553.